The quantitative estimate of drug-likeness (QED) is 0.168. The second-order valence-electron chi connectivity index (χ2n) is 12.8. The van der Waals surface area contributed by atoms with Gasteiger partial charge in [-0.2, -0.15) is 11.3 Å². The van der Waals surface area contributed by atoms with Gasteiger partial charge in [0.15, 0.2) is 0 Å². The summed E-state index contributed by atoms with van der Waals surface area (Å²) in [7, 11) is 0. The Morgan fingerprint density at radius 3 is 2.30 bits per heavy atom. The molecule has 2 aliphatic rings. The van der Waals surface area contributed by atoms with E-state index in [0.717, 1.165) is 97.8 Å². The number of ether oxygens (including phenoxy) is 1. The summed E-state index contributed by atoms with van der Waals surface area (Å²) in [5.41, 5.74) is 6.55. The third-order valence-corrected chi connectivity index (χ3v) is 10.7. The number of thiophene rings is 1. The number of anilines is 1. The second-order valence-corrected chi connectivity index (χ2v) is 13.6. The monoisotopic (exact) mass is 644 g/mol. The fraction of sp³-hybridized carbons (Fsp3) is 0.342. The molecule has 0 unspecified atom stereocenters. The largest absolute Gasteiger partial charge is 0.463 e. The van der Waals surface area contributed by atoms with E-state index in [0.29, 0.717) is 12.5 Å². The molecule has 8 nitrogen and oxygen atoms in total. The van der Waals surface area contributed by atoms with Crippen LogP contribution in [0.25, 0.3) is 33.5 Å². The van der Waals surface area contributed by atoms with E-state index in [4.69, 9.17) is 14.7 Å². The van der Waals surface area contributed by atoms with Gasteiger partial charge in [-0.1, -0.05) is 54.6 Å². The molecule has 3 aromatic carbocycles. The highest BCUT2D eigenvalue weighted by molar-refractivity contribution is 7.07. The number of hydrogen-bond donors (Lipinski definition) is 1. The van der Waals surface area contributed by atoms with Crippen molar-refractivity contribution in [1.82, 2.24) is 24.4 Å². The van der Waals surface area contributed by atoms with Crippen LogP contribution in [-0.2, 0) is 16.1 Å². The molecule has 0 radical (unpaired) electrons. The number of hydrogen-bond acceptors (Lipinski definition) is 7. The molecule has 2 aliphatic heterocycles. The van der Waals surface area contributed by atoms with Gasteiger partial charge in [-0.15, -0.1) is 0 Å². The van der Waals surface area contributed by atoms with Crippen LogP contribution in [0.2, 0.25) is 0 Å². The van der Waals surface area contributed by atoms with Crippen molar-refractivity contribution >= 4 is 45.3 Å². The van der Waals surface area contributed by atoms with Gasteiger partial charge in [-0.3, -0.25) is 4.79 Å². The predicted octanol–water partition coefficient (Wildman–Crippen LogP) is 7.16. The average molecular weight is 645 g/mol. The number of esters is 1. The third kappa shape index (κ3) is 6.05. The normalized spacial score (nSPS) is 17.0. The van der Waals surface area contributed by atoms with Crippen LogP contribution in [0.5, 0.6) is 0 Å². The summed E-state index contributed by atoms with van der Waals surface area (Å²) in [5.74, 6) is 2.09. The van der Waals surface area contributed by atoms with Crippen LogP contribution in [0.15, 0.2) is 95.7 Å². The summed E-state index contributed by atoms with van der Waals surface area (Å²) in [6, 6.07) is 29.2. The van der Waals surface area contributed by atoms with Crippen molar-refractivity contribution in [3.05, 3.63) is 101 Å². The number of aromatic nitrogens is 4. The number of para-hydroxylation sites is 4. The molecular formula is C38H40N6O2S. The molecule has 240 valence electrons. The SMILES string of the molecule is O=C(OC[C@H](C1CCNCC1)n1c(-c2ccccc2)nc2ccccc21)C1CCN(c2nc3ccccc3n2Cc2ccsc2)CC1. The van der Waals surface area contributed by atoms with Gasteiger partial charge in [0.1, 0.15) is 12.4 Å². The standard InChI is InChI=1S/C38H40N6O2S/c45-37(30-16-21-42(22-17-30)38-41-31-10-4-6-12-33(31)43(38)24-27-18-23-47-26-27)46-25-35(28-14-19-39-20-15-28)44-34-13-7-5-11-32(34)40-36(44)29-8-2-1-3-9-29/h1-13,18,23,26,28,30,35,39H,14-17,19-22,24-25H2/t35-/m1/s1. The van der Waals surface area contributed by atoms with E-state index < -0.39 is 0 Å². The van der Waals surface area contributed by atoms with Crippen molar-refractivity contribution in [3.8, 4) is 11.4 Å². The van der Waals surface area contributed by atoms with E-state index in [1.807, 2.05) is 18.2 Å². The second kappa shape index (κ2) is 13.3. The molecule has 0 spiro atoms. The van der Waals surface area contributed by atoms with Crippen molar-refractivity contribution in [2.75, 3.05) is 37.7 Å². The summed E-state index contributed by atoms with van der Waals surface area (Å²) < 4.78 is 11.0. The minimum atomic E-state index is -0.122. The maximum Gasteiger partial charge on any atom is 0.309 e. The Hall–Kier alpha value is -4.47. The molecule has 0 saturated carbocycles. The van der Waals surface area contributed by atoms with E-state index in [-0.39, 0.29) is 17.9 Å². The first-order valence-corrected chi connectivity index (χ1v) is 17.8. The molecule has 9 heteroatoms. The van der Waals surface area contributed by atoms with E-state index in [2.05, 4.69) is 96.8 Å². The van der Waals surface area contributed by atoms with Gasteiger partial charge >= 0.3 is 5.97 Å². The number of imidazole rings is 2. The van der Waals surface area contributed by atoms with Gasteiger partial charge in [0, 0.05) is 18.7 Å². The van der Waals surface area contributed by atoms with E-state index >= 15 is 0 Å². The van der Waals surface area contributed by atoms with Gasteiger partial charge in [0.25, 0.3) is 0 Å². The van der Waals surface area contributed by atoms with Crippen LogP contribution < -0.4 is 10.2 Å². The van der Waals surface area contributed by atoms with E-state index in [9.17, 15) is 4.79 Å². The zero-order valence-electron chi connectivity index (χ0n) is 26.5. The molecule has 6 aromatic rings. The number of carbonyl (C=O) groups is 1. The number of nitrogens with zero attached hydrogens (tertiary/aromatic N) is 5. The third-order valence-electron chi connectivity index (χ3n) is 9.95. The number of rotatable bonds is 9. The Morgan fingerprint density at radius 1 is 0.851 bits per heavy atom. The van der Waals surface area contributed by atoms with Crippen molar-refractivity contribution < 1.29 is 9.53 Å². The number of piperidine rings is 2. The Labute approximate surface area is 279 Å². The first kappa shape index (κ1) is 29.9. The van der Waals surface area contributed by atoms with Gasteiger partial charge in [-0.05, 0) is 91.3 Å². The lowest BCUT2D eigenvalue weighted by atomic mass is 9.89. The molecule has 47 heavy (non-hydrogen) atoms. The topological polar surface area (TPSA) is 77.2 Å². The average Bonchev–Trinajstić information content (AvgIpc) is 3.88. The van der Waals surface area contributed by atoms with E-state index in [1.54, 1.807) is 11.3 Å². The van der Waals surface area contributed by atoms with Gasteiger partial charge < -0.3 is 24.1 Å². The molecule has 8 rings (SSSR count). The van der Waals surface area contributed by atoms with Crippen molar-refractivity contribution in [3.63, 3.8) is 0 Å². The lowest BCUT2D eigenvalue weighted by molar-refractivity contribution is -0.151. The Bertz CT molecular complexity index is 1950. The van der Waals surface area contributed by atoms with Crippen LogP contribution >= 0.6 is 11.3 Å². The number of fused-ring (bicyclic) bond motifs is 2. The molecule has 5 heterocycles. The predicted molar refractivity (Wildman–Crippen MR) is 189 cm³/mol. The van der Waals surface area contributed by atoms with Crippen molar-refractivity contribution in [2.45, 2.75) is 38.3 Å². The molecular weight excluding hydrogens is 605 g/mol. The summed E-state index contributed by atoms with van der Waals surface area (Å²) in [5, 5.41) is 7.84. The molecule has 3 aromatic heterocycles. The fourth-order valence-corrected chi connectivity index (χ4v) is 8.11. The Morgan fingerprint density at radius 2 is 1.55 bits per heavy atom. The van der Waals surface area contributed by atoms with Gasteiger partial charge in [0.05, 0.1) is 40.6 Å². The molecule has 1 N–H and O–H groups in total. The summed E-state index contributed by atoms with van der Waals surface area (Å²) in [4.78, 5) is 26.2. The maximum absolute atomic E-state index is 13.7. The summed E-state index contributed by atoms with van der Waals surface area (Å²) >= 11 is 1.72. The molecule has 1 atom stereocenters. The first-order chi connectivity index (χ1) is 23.2. The minimum Gasteiger partial charge on any atom is -0.463 e. The van der Waals surface area contributed by atoms with Crippen LogP contribution in [0.1, 0.15) is 37.3 Å². The lowest BCUT2D eigenvalue weighted by Gasteiger charge is -2.34. The molecule has 0 amide bonds. The first-order valence-electron chi connectivity index (χ1n) is 16.8. The lowest BCUT2D eigenvalue weighted by Crippen LogP contribution is -2.39. The highest BCUT2D eigenvalue weighted by Crippen LogP contribution is 2.36. The maximum atomic E-state index is 13.7. The Balaban J connectivity index is 1.01. The van der Waals surface area contributed by atoms with Crippen LogP contribution in [-0.4, -0.2) is 57.9 Å². The van der Waals surface area contributed by atoms with Crippen LogP contribution in [0.4, 0.5) is 5.95 Å². The van der Waals surface area contributed by atoms with Gasteiger partial charge in [-0.25, -0.2) is 9.97 Å². The zero-order chi connectivity index (χ0) is 31.6. The summed E-state index contributed by atoms with van der Waals surface area (Å²) in [6.45, 7) is 4.62. The zero-order valence-corrected chi connectivity index (χ0v) is 27.3. The van der Waals surface area contributed by atoms with Crippen molar-refractivity contribution in [2.24, 2.45) is 11.8 Å². The minimum absolute atomic E-state index is 0.000701. The van der Waals surface area contributed by atoms with E-state index in [1.165, 1.54) is 5.56 Å². The Kier molecular flexibility index (Phi) is 8.48. The van der Waals surface area contributed by atoms with Crippen molar-refractivity contribution in [1.29, 1.82) is 0 Å². The summed E-state index contributed by atoms with van der Waals surface area (Å²) in [6.07, 6.45) is 3.57. The van der Waals surface area contributed by atoms with Crippen LogP contribution in [0.3, 0.4) is 0 Å². The molecule has 2 fully saturated rings. The highest BCUT2D eigenvalue weighted by atomic mass is 32.1. The number of benzene rings is 3. The van der Waals surface area contributed by atoms with Gasteiger partial charge in [0.2, 0.25) is 5.95 Å². The fourth-order valence-electron chi connectivity index (χ4n) is 7.45. The number of nitrogens with one attached hydrogen (secondary N) is 1. The molecule has 0 aliphatic carbocycles. The smallest absolute Gasteiger partial charge is 0.309 e. The molecule has 0 bridgehead atoms. The number of carbonyl (C=O) groups excluding carboxylic acids is 1. The molecule has 2 saturated heterocycles. The van der Waals surface area contributed by atoms with Crippen LogP contribution in [0, 0.1) is 11.8 Å². The highest BCUT2D eigenvalue weighted by Gasteiger charge is 2.33.